The Kier molecular flexibility index (Phi) is 5.41. The van der Waals surface area contributed by atoms with Gasteiger partial charge in [0.1, 0.15) is 5.75 Å². The van der Waals surface area contributed by atoms with Crippen molar-refractivity contribution >= 4 is 21.6 Å². The molecule has 2 aromatic carbocycles. The van der Waals surface area contributed by atoms with E-state index in [0.717, 1.165) is 24.0 Å². The fraction of sp³-hybridized carbons (Fsp3) is 0.350. The Balaban J connectivity index is 1.98. The summed E-state index contributed by atoms with van der Waals surface area (Å²) in [5.74, 6) is 0.173. The zero-order chi connectivity index (χ0) is 19.6. The number of amides is 1. The standard InChI is InChI=1S/C20H24N2O4S/c1-14-7-6-8-15(2)19(14)21-27(24,25)16-9-10-18(26-3)17(13-16)20(23)22-11-4-5-12-22/h6-10,13,21H,4-5,11-12H2,1-3H3. The van der Waals surface area contributed by atoms with E-state index in [1.165, 1.54) is 25.3 Å². The second-order valence-electron chi connectivity index (χ2n) is 6.73. The molecule has 0 saturated carbocycles. The predicted octanol–water partition coefficient (Wildman–Crippen LogP) is 3.35. The van der Waals surface area contributed by atoms with E-state index in [0.29, 0.717) is 24.5 Å². The molecule has 0 aromatic heterocycles. The molecule has 0 bridgehead atoms. The van der Waals surface area contributed by atoms with Gasteiger partial charge in [0.2, 0.25) is 0 Å². The van der Waals surface area contributed by atoms with Crippen LogP contribution in [0.25, 0.3) is 0 Å². The van der Waals surface area contributed by atoms with E-state index in [4.69, 9.17) is 4.74 Å². The van der Waals surface area contributed by atoms with Crippen molar-refractivity contribution in [3.05, 3.63) is 53.1 Å². The summed E-state index contributed by atoms with van der Waals surface area (Å²) >= 11 is 0. The predicted molar refractivity (Wildman–Crippen MR) is 105 cm³/mol. The quantitative estimate of drug-likeness (QED) is 0.852. The van der Waals surface area contributed by atoms with Crippen LogP contribution in [0.1, 0.15) is 34.3 Å². The van der Waals surface area contributed by atoms with Crippen molar-refractivity contribution in [3.8, 4) is 5.75 Å². The lowest BCUT2D eigenvalue weighted by molar-refractivity contribution is 0.0789. The highest BCUT2D eigenvalue weighted by Gasteiger charge is 2.25. The van der Waals surface area contributed by atoms with E-state index < -0.39 is 10.0 Å². The molecule has 27 heavy (non-hydrogen) atoms. The minimum Gasteiger partial charge on any atom is -0.496 e. The smallest absolute Gasteiger partial charge is 0.261 e. The Bertz CT molecular complexity index is 944. The Morgan fingerprint density at radius 2 is 1.70 bits per heavy atom. The summed E-state index contributed by atoms with van der Waals surface area (Å²) in [5.41, 5.74) is 2.49. The molecule has 2 aromatic rings. The normalized spacial score (nSPS) is 14.3. The number of carbonyl (C=O) groups is 1. The number of carbonyl (C=O) groups excluding carboxylic acids is 1. The molecule has 0 aliphatic carbocycles. The molecule has 1 saturated heterocycles. The molecule has 6 nitrogen and oxygen atoms in total. The number of para-hydroxylation sites is 1. The average molecular weight is 388 g/mol. The van der Waals surface area contributed by atoms with E-state index in [-0.39, 0.29) is 16.4 Å². The van der Waals surface area contributed by atoms with Gasteiger partial charge in [0.05, 0.1) is 23.3 Å². The Labute approximate surface area is 160 Å². The van der Waals surface area contributed by atoms with Crippen LogP contribution in [0.15, 0.2) is 41.3 Å². The Hall–Kier alpha value is -2.54. The van der Waals surface area contributed by atoms with Crippen LogP contribution >= 0.6 is 0 Å². The van der Waals surface area contributed by atoms with Crippen molar-refractivity contribution in [2.75, 3.05) is 24.9 Å². The number of hydrogen-bond donors (Lipinski definition) is 1. The molecule has 7 heteroatoms. The molecule has 0 spiro atoms. The lowest BCUT2D eigenvalue weighted by atomic mass is 10.1. The van der Waals surface area contributed by atoms with Crippen LogP contribution in [0.5, 0.6) is 5.75 Å². The van der Waals surface area contributed by atoms with Crippen molar-refractivity contribution in [1.29, 1.82) is 0 Å². The van der Waals surface area contributed by atoms with Crippen molar-refractivity contribution in [2.45, 2.75) is 31.6 Å². The van der Waals surface area contributed by atoms with Crippen LogP contribution in [0.2, 0.25) is 0 Å². The molecule has 1 fully saturated rings. The first-order valence-corrected chi connectivity index (χ1v) is 10.4. The zero-order valence-corrected chi connectivity index (χ0v) is 16.6. The second-order valence-corrected chi connectivity index (χ2v) is 8.42. The molecule has 0 radical (unpaired) electrons. The van der Waals surface area contributed by atoms with Gasteiger partial charge in [-0.3, -0.25) is 9.52 Å². The third-order valence-corrected chi connectivity index (χ3v) is 6.17. The van der Waals surface area contributed by atoms with Gasteiger partial charge < -0.3 is 9.64 Å². The van der Waals surface area contributed by atoms with Gasteiger partial charge in [-0.1, -0.05) is 18.2 Å². The average Bonchev–Trinajstić information content (AvgIpc) is 3.18. The number of ether oxygens (including phenoxy) is 1. The van der Waals surface area contributed by atoms with Crippen molar-refractivity contribution in [3.63, 3.8) is 0 Å². The molecular weight excluding hydrogens is 364 g/mol. The van der Waals surface area contributed by atoms with Crippen molar-refractivity contribution < 1.29 is 17.9 Å². The van der Waals surface area contributed by atoms with E-state index >= 15 is 0 Å². The largest absolute Gasteiger partial charge is 0.496 e. The fourth-order valence-electron chi connectivity index (χ4n) is 3.28. The van der Waals surface area contributed by atoms with Gasteiger partial charge in [-0.05, 0) is 56.0 Å². The van der Waals surface area contributed by atoms with Crippen molar-refractivity contribution in [2.24, 2.45) is 0 Å². The van der Waals surface area contributed by atoms with E-state index in [1.54, 1.807) is 4.90 Å². The highest BCUT2D eigenvalue weighted by Crippen LogP contribution is 2.28. The number of sulfonamides is 1. The van der Waals surface area contributed by atoms with E-state index in [2.05, 4.69) is 4.72 Å². The third kappa shape index (κ3) is 3.93. The Morgan fingerprint density at radius 3 is 2.30 bits per heavy atom. The topological polar surface area (TPSA) is 75.7 Å². The summed E-state index contributed by atoms with van der Waals surface area (Å²) < 4.78 is 33.8. The number of aryl methyl sites for hydroxylation is 2. The molecule has 1 heterocycles. The maximum Gasteiger partial charge on any atom is 0.261 e. The van der Waals surface area contributed by atoms with E-state index in [9.17, 15) is 13.2 Å². The number of likely N-dealkylation sites (tertiary alicyclic amines) is 1. The van der Waals surface area contributed by atoms with E-state index in [1.807, 2.05) is 32.0 Å². The number of anilines is 1. The van der Waals surface area contributed by atoms with Crippen LogP contribution in [-0.2, 0) is 10.0 Å². The zero-order valence-electron chi connectivity index (χ0n) is 15.8. The first kappa shape index (κ1) is 19.2. The molecule has 1 N–H and O–H groups in total. The summed E-state index contributed by atoms with van der Waals surface area (Å²) in [4.78, 5) is 14.6. The lowest BCUT2D eigenvalue weighted by Gasteiger charge is -2.18. The van der Waals surface area contributed by atoms with Gasteiger partial charge in [0.15, 0.2) is 0 Å². The summed E-state index contributed by atoms with van der Waals surface area (Å²) in [6.45, 7) is 5.06. The maximum atomic E-state index is 12.9. The van der Waals surface area contributed by atoms with Crippen molar-refractivity contribution in [1.82, 2.24) is 4.90 Å². The monoisotopic (exact) mass is 388 g/mol. The second kappa shape index (κ2) is 7.60. The lowest BCUT2D eigenvalue weighted by Crippen LogP contribution is -2.28. The highest BCUT2D eigenvalue weighted by molar-refractivity contribution is 7.92. The van der Waals surface area contributed by atoms with Gasteiger partial charge in [-0.25, -0.2) is 8.42 Å². The fourth-order valence-corrected chi connectivity index (χ4v) is 4.51. The number of rotatable bonds is 5. The summed E-state index contributed by atoms with van der Waals surface area (Å²) in [6, 6.07) is 9.96. The maximum absolute atomic E-state index is 12.9. The molecular formula is C20H24N2O4S. The van der Waals surface area contributed by atoms with Crippen LogP contribution in [0, 0.1) is 13.8 Å². The van der Waals surface area contributed by atoms with Crippen LogP contribution in [0.4, 0.5) is 5.69 Å². The van der Waals surface area contributed by atoms with Crippen LogP contribution in [0.3, 0.4) is 0 Å². The molecule has 0 unspecified atom stereocenters. The van der Waals surface area contributed by atoms with Gasteiger partial charge in [-0.2, -0.15) is 0 Å². The summed E-state index contributed by atoms with van der Waals surface area (Å²) in [5, 5.41) is 0. The van der Waals surface area contributed by atoms with Gasteiger partial charge in [-0.15, -0.1) is 0 Å². The number of methoxy groups -OCH3 is 1. The van der Waals surface area contributed by atoms with Gasteiger partial charge in [0.25, 0.3) is 15.9 Å². The summed E-state index contributed by atoms with van der Waals surface area (Å²) in [7, 11) is -2.37. The molecule has 0 atom stereocenters. The first-order chi connectivity index (χ1) is 12.8. The molecule has 1 amide bonds. The number of nitrogens with one attached hydrogen (secondary N) is 1. The minimum atomic E-state index is -3.84. The van der Waals surface area contributed by atoms with Gasteiger partial charge in [0, 0.05) is 13.1 Å². The Morgan fingerprint density at radius 1 is 1.07 bits per heavy atom. The molecule has 1 aliphatic heterocycles. The molecule has 144 valence electrons. The van der Waals surface area contributed by atoms with Crippen LogP contribution < -0.4 is 9.46 Å². The number of benzene rings is 2. The molecule has 3 rings (SSSR count). The number of hydrogen-bond acceptors (Lipinski definition) is 4. The van der Waals surface area contributed by atoms with Gasteiger partial charge >= 0.3 is 0 Å². The van der Waals surface area contributed by atoms with Crippen LogP contribution in [-0.4, -0.2) is 39.4 Å². The SMILES string of the molecule is COc1ccc(S(=O)(=O)Nc2c(C)cccc2C)cc1C(=O)N1CCCC1. The minimum absolute atomic E-state index is 0.0356. The summed E-state index contributed by atoms with van der Waals surface area (Å²) in [6.07, 6.45) is 1.92. The number of nitrogens with zero attached hydrogens (tertiary/aromatic N) is 1. The first-order valence-electron chi connectivity index (χ1n) is 8.90. The molecule has 1 aliphatic rings. The highest BCUT2D eigenvalue weighted by atomic mass is 32.2. The third-order valence-electron chi connectivity index (χ3n) is 4.82.